The van der Waals surface area contributed by atoms with Crippen LogP contribution in [0.2, 0.25) is 0 Å². The van der Waals surface area contributed by atoms with Crippen LogP contribution >= 0.6 is 11.3 Å². The number of amides is 3. The number of hydrogen-bond donors (Lipinski definition) is 1. The van der Waals surface area contributed by atoms with Gasteiger partial charge in [0.05, 0.1) is 16.8 Å². The van der Waals surface area contributed by atoms with Gasteiger partial charge in [-0.05, 0) is 36.6 Å². The van der Waals surface area contributed by atoms with E-state index in [0.717, 1.165) is 4.88 Å². The molecule has 0 saturated heterocycles. The van der Waals surface area contributed by atoms with Gasteiger partial charge in [-0.15, -0.1) is 11.3 Å². The average molecular weight is 376 g/mol. The van der Waals surface area contributed by atoms with Gasteiger partial charge in [0.1, 0.15) is 0 Å². The van der Waals surface area contributed by atoms with E-state index in [-0.39, 0.29) is 29.8 Å². The van der Waals surface area contributed by atoms with E-state index in [9.17, 15) is 14.4 Å². The van der Waals surface area contributed by atoms with Crippen LogP contribution in [0.25, 0.3) is 10.4 Å². The van der Waals surface area contributed by atoms with Gasteiger partial charge in [-0.3, -0.25) is 19.3 Å². The van der Waals surface area contributed by atoms with E-state index in [4.69, 9.17) is 0 Å². The third kappa shape index (κ3) is 2.84. The predicted molar refractivity (Wildman–Crippen MR) is 105 cm³/mol. The Morgan fingerprint density at radius 2 is 1.70 bits per heavy atom. The highest BCUT2D eigenvalue weighted by atomic mass is 32.1. The molecule has 0 unspecified atom stereocenters. The fourth-order valence-electron chi connectivity index (χ4n) is 3.22. The van der Waals surface area contributed by atoms with Gasteiger partial charge >= 0.3 is 0 Å². The van der Waals surface area contributed by atoms with Crippen molar-refractivity contribution in [3.05, 3.63) is 76.7 Å². The molecular weight excluding hydrogens is 360 g/mol. The fourth-order valence-corrected chi connectivity index (χ4v) is 3.98. The molecule has 1 aliphatic rings. The third-order valence-electron chi connectivity index (χ3n) is 4.51. The molecule has 6 heteroatoms. The van der Waals surface area contributed by atoms with E-state index >= 15 is 0 Å². The Hall–Kier alpha value is -3.25. The molecule has 0 aliphatic carbocycles. The Morgan fingerprint density at radius 3 is 2.37 bits per heavy atom. The number of anilines is 1. The standard InChI is InChI=1S/C21H16N2O3S/c1-2-23-20(25)17-14(16-9-6-12-27-16)10-11-15(18(17)21(23)26)22-19(24)13-7-4-3-5-8-13/h3-12H,2H2,1H3,(H,22,24). The zero-order valence-corrected chi connectivity index (χ0v) is 15.4. The van der Waals surface area contributed by atoms with E-state index in [1.807, 2.05) is 23.6 Å². The summed E-state index contributed by atoms with van der Waals surface area (Å²) in [5.74, 6) is -1.02. The molecule has 4 rings (SSSR count). The average Bonchev–Trinajstić information content (AvgIpc) is 3.30. The Bertz CT molecular complexity index is 1040. The molecule has 1 aliphatic heterocycles. The van der Waals surface area contributed by atoms with E-state index in [2.05, 4.69) is 5.32 Å². The van der Waals surface area contributed by atoms with Crippen LogP contribution in [0.15, 0.2) is 60.0 Å². The molecule has 2 aromatic carbocycles. The molecule has 3 aromatic rings. The van der Waals surface area contributed by atoms with Crippen molar-refractivity contribution in [2.45, 2.75) is 6.92 Å². The van der Waals surface area contributed by atoms with E-state index in [0.29, 0.717) is 22.4 Å². The quantitative estimate of drug-likeness (QED) is 0.691. The molecule has 2 heterocycles. The molecule has 5 nitrogen and oxygen atoms in total. The van der Waals surface area contributed by atoms with E-state index < -0.39 is 0 Å². The summed E-state index contributed by atoms with van der Waals surface area (Å²) in [5, 5.41) is 4.71. The maximum Gasteiger partial charge on any atom is 0.263 e. The van der Waals surface area contributed by atoms with Gasteiger partial charge < -0.3 is 5.32 Å². The second kappa shape index (κ2) is 6.81. The number of rotatable bonds is 4. The normalized spacial score (nSPS) is 13.0. The highest BCUT2D eigenvalue weighted by molar-refractivity contribution is 7.13. The van der Waals surface area contributed by atoms with E-state index in [1.54, 1.807) is 43.3 Å². The van der Waals surface area contributed by atoms with Crippen LogP contribution in [0.1, 0.15) is 38.0 Å². The molecule has 3 amide bonds. The van der Waals surface area contributed by atoms with Crippen molar-refractivity contribution >= 4 is 34.7 Å². The van der Waals surface area contributed by atoms with Crippen LogP contribution in [0, 0.1) is 0 Å². The van der Waals surface area contributed by atoms with E-state index in [1.165, 1.54) is 16.2 Å². The molecule has 0 spiro atoms. The minimum Gasteiger partial charge on any atom is -0.321 e. The van der Waals surface area contributed by atoms with Gasteiger partial charge in [0.15, 0.2) is 0 Å². The van der Waals surface area contributed by atoms with Gasteiger partial charge in [0.25, 0.3) is 17.7 Å². The summed E-state index contributed by atoms with van der Waals surface area (Å²) in [6, 6.07) is 16.0. The Balaban J connectivity index is 1.82. The molecule has 1 N–H and O–H groups in total. The van der Waals surface area contributed by atoms with Gasteiger partial charge in [-0.1, -0.05) is 30.3 Å². The monoisotopic (exact) mass is 376 g/mol. The highest BCUT2D eigenvalue weighted by Gasteiger charge is 2.39. The van der Waals surface area contributed by atoms with Gasteiger partial charge in [0, 0.05) is 22.5 Å². The molecule has 134 valence electrons. The van der Waals surface area contributed by atoms with Gasteiger partial charge in [0.2, 0.25) is 0 Å². The molecule has 0 bridgehead atoms. The van der Waals surface area contributed by atoms with Gasteiger partial charge in [-0.2, -0.15) is 0 Å². The maximum absolute atomic E-state index is 12.9. The third-order valence-corrected chi connectivity index (χ3v) is 5.41. The highest BCUT2D eigenvalue weighted by Crippen LogP contribution is 2.38. The molecular formula is C21H16N2O3S. The lowest BCUT2D eigenvalue weighted by Crippen LogP contribution is -2.29. The first-order valence-corrected chi connectivity index (χ1v) is 9.43. The second-order valence-corrected chi connectivity index (χ2v) is 7.01. The number of imide groups is 1. The predicted octanol–water partition coefficient (Wildman–Crippen LogP) is 4.28. The SMILES string of the molecule is CCN1C(=O)c2c(NC(=O)c3ccccc3)ccc(-c3cccs3)c2C1=O. The molecule has 1 aromatic heterocycles. The molecule has 0 atom stereocenters. The Morgan fingerprint density at radius 1 is 0.963 bits per heavy atom. The number of thiophene rings is 1. The molecule has 0 saturated carbocycles. The second-order valence-electron chi connectivity index (χ2n) is 6.06. The zero-order valence-electron chi connectivity index (χ0n) is 14.6. The first-order chi connectivity index (χ1) is 13.1. The van der Waals surface area contributed by atoms with Gasteiger partial charge in [-0.25, -0.2) is 0 Å². The molecule has 27 heavy (non-hydrogen) atoms. The van der Waals surface area contributed by atoms with Crippen molar-refractivity contribution in [1.29, 1.82) is 0 Å². The Labute approximate surface area is 160 Å². The lowest BCUT2D eigenvalue weighted by atomic mass is 9.99. The van der Waals surface area contributed by atoms with Crippen LogP contribution in [0.4, 0.5) is 5.69 Å². The lowest BCUT2D eigenvalue weighted by Gasteiger charge is -2.11. The minimum absolute atomic E-state index is 0.261. The fraction of sp³-hybridized carbons (Fsp3) is 0.0952. The smallest absolute Gasteiger partial charge is 0.263 e. The summed E-state index contributed by atoms with van der Waals surface area (Å²) in [5.41, 5.74) is 2.17. The van der Waals surface area contributed by atoms with Crippen molar-refractivity contribution in [2.75, 3.05) is 11.9 Å². The van der Waals surface area contributed by atoms with Crippen molar-refractivity contribution in [2.24, 2.45) is 0 Å². The number of hydrogen-bond acceptors (Lipinski definition) is 4. The summed E-state index contributed by atoms with van der Waals surface area (Å²) in [6.45, 7) is 2.04. The van der Waals surface area contributed by atoms with Crippen LogP contribution in [-0.2, 0) is 0 Å². The first kappa shape index (κ1) is 17.2. The summed E-state index contributed by atoms with van der Waals surface area (Å²) in [4.78, 5) is 40.4. The van der Waals surface area contributed by atoms with Crippen molar-refractivity contribution in [1.82, 2.24) is 4.90 Å². The van der Waals surface area contributed by atoms with Crippen LogP contribution in [0.5, 0.6) is 0 Å². The van der Waals surface area contributed by atoms with Crippen LogP contribution in [0.3, 0.4) is 0 Å². The topological polar surface area (TPSA) is 66.5 Å². The summed E-state index contributed by atoms with van der Waals surface area (Å²) in [7, 11) is 0. The number of nitrogens with one attached hydrogen (secondary N) is 1. The molecule has 0 radical (unpaired) electrons. The van der Waals surface area contributed by atoms with Crippen LogP contribution < -0.4 is 5.32 Å². The number of nitrogens with zero attached hydrogens (tertiary/aromatic N) is 1. The number of benzene rings is 2. The first-order valence-electron chi connectivity index (χ1n) is 8.55. The Kier molecular flexibility index (Phi) is 4.33. The summed E-state index contributed by atoms with van der Waals surface area (Å²) >= 11 is 1.50. The molecule has 0 fully saturated rings. The number of fused-ring (bicyclic) bond motifs is 1. The largest absolute Gasteiger partial charge is 0.321 e. The number of carbonyl (C=O) groups is 3. The summed E-state index contributed by atoms with van der Waals surface area (Å²) < 4.78 is 0. The van der Waals surface area contributed by atoms with Crippen LogP contribution in [-0.4, -0.2) is 29.2 Å². The minimum atomic E-state index is -0.376. The van der Waals surface area contributed by atoms with Crippen molar-refractivity contribution in [3.8, 4) is 10.4 Å². The lowest BCUT2D eigenvalue weighted by molar-refractivity contribution is 0.0663. The number of carbonyl (C=O) groups excluding carboxylic acids is 3. The van der Waals surface area contributed by atoms with Crippen molar-refractivity contribution < 1.29 is 14.4 Å². The van der Waals surface area contributed by atoms with Crippen molar-refractivity contribution in [3.63, 3.8) is 0 Å². The zero-order chi connectivity index (χ0) is 19.0. The maximum atomic E-state index is 12.9. The summed E-state index contributed by atoms with van der Waals surface area (Å²) in [6.07, 6.45) is 0.